The van der Waals surface area contributed by atoms with Crippen LogP contribution < -0.4 is 4.74 Å². The summed E-state index contributed by atoms with van der Waals surface area (Å²) in [7, 11) is 0. The molecule has 2 aromatic heterocycles. The Hall–Kier alpha value is -3.11. The van der Waals surface area contributed by atoms with Crippen LogP contribution in [0.25, 0.3) is 5.95 Å². The van der Waals surface area contributed by atoms with Gasteiger partial charge in [-0.3, -0.25) is 4.57 Å². The van der Waals surface area contributed by atoms with Gasteiger partial charge < -0.3 is 4.74 Å². The van der Waals surface area contributed by atoms with E-state index in [1.54, 1.807) is 6.92 Å². The van der Waals surface area contributed by atoms with Crippen LogP contribution in [-0.4, -0.2) is 19.5 Å². The highest BCUT2D eigenvalue weighted by Crippen LogP contribution is 2.33. The van der Waals surface area contributed by atoms with E-state index in [9.17, 15) is 26.3 Å². The summed E-state index contributed by atoms with van der Waals surface area (Å²) >= 11 is 0. The molecule has 5 nitrogen and oxygen atoms in total. The Labute approximate surface area is 148 Å². The number of imidazole rings is 1. The minimum absolute atomic E-state index is 0.0958. The average molecular weight is 388 g/mol. The maximum Gasteiger partial charge on any atom is 0.434 e. The third kappa shape index (κ3) is 4.18. The largest absolute Gasteiger partial charge is 0.439 e. The Kier molecular flexibility index (Phi) is 4.54. The number of hydrogen-bond donors (Lipinski definition) is 0. The zero-order valence-corrected chi connectivity index (χ0v) is 13.5. The third-order valence-corrected chi connectivity index (χ3v) is 3.39. The lowest BCUT2D eigenvalue weighted by atomic mass is 10.2. The number of rotatable bonds is 3. The van der Waals surface area contributed by atoms with Gasteiger partial charge in [-0.25, -0.2) is 9.97 Å². The SMILES string of the molecule is Cc1cnc(-n2cnc(C(F)(F)F)c2)nc1Oc1cccc(C(F)(F)F)c1. The summed E-state index contributed by atoms with van der Waals surface area (Å²) in [6.07, 6.45) is -6.33. The lowest BCUT2D eigenvalue weighted by molar-refractivity contribution is -0.141. The van der Waals surface area contributed by atoms with Crippen LogP contribution >= 0.6 is 0 Å². The molecule has 0 fully saturated rings. The van der Waals surface area contributed by atoms with Crippen molar-refractivity contribution in [2.45, 2.75) is 19.3 Å². The van der Waals surface area contributed by atoms with Gasteiger partial charge in [0.1, 0.15) is 12.1 Å². The van der Waals surface area contributed by atoms with Gasteiger partial charge in [0, 0.05) is 18.0 Å². The fraction of sp³-hybridized carbons (Fsp3) is 0.188. The van der Waals surface area contributed by atoms with Gasteiger partial charge in [0.25, 0.3) is 0 Å². The van der Waals surface area contributed by atoms with Crippen LogP contribution in [0.3, 0.4) is 0 Å². The molecule has 11 heteroatoms. The van der Waals surface area contributed by atoms with Gasteiger partial charge in [0.15, 0.2) is 5.69 Å². The number of alkyl halides is 6. The van der Waals surface area contributed by atoms with Crippen molar-refractivity contribution in [2.75, 3.05) is 0 Å². The van der Waals surface area contributed by atoms with E-state index in [1.807, 2.05) is 0 Å². The third-order valence-electron chi connectivity index (χ3n) is 3.39. The lowest BCUT2D eigenvalue weighted by Crippen LogP contribution is -2.06. The van der Waals surface area contributed by atoms with Crippen molar-refractivity contribution in [3.05, 3.63) is 59.8 Å². The van der Waals surface area contributed by atoms with E-state index in [0.29, 0.717) is 11.8 Å². The van der Waals surface area contributed by atoms with Crippen molar-refractivity contribution in [3.8, 4) is 17.6 Å². The smallest absolute Gasteiger partial charge is 0.434 e. The van der Waals surface area contributed by atoms with Crippen molar-refractivity contribution >= 4 is 0 Å². The summed E-state index contributed by atoms with van der Waals surface area (Å²) in [4.78, 5) is 11.1. The number of aryl methyl sites for hydroxylation is 1. The van der Waals surface area contributed by atoms with E-state index in [2.05, 4.69) is 15.0 Å². The molecule has 0 radical (unpaired) electrons. The van der Waals surface area contributed by atoms with Crippen molar-refractivity contribution in [3.63, 3.8) is 0 Å². The molecule has 0 saturated carbocycles. The zero-order chi connectivity index (χ0) is 19.8. The quantitative estimate of drug-likeness (QED) is 0.605. The number of hydrogen-bond acceptors (Lipinski definition) is 4. The molecule has 0 atom stereocenters. The van der Waals surface area contributed by atoms with E-state index >= 15 is 0 Å². The van der Waals surface area contributed by atoms with Crippen LogP contribution in [0.1, 0.15) is 16.8 Å². The number of halogens is 6. The predicted molar refractivity (Wildman–Crippen MR) is 80.4 cm³/mol. The van der Waals surface area contributed by atoms with Gasteiger partial charge in [0.05, 0.1) is 5.56 Å². The predicted octanol–water partition coefficient (Wildman–Crippen LogP) is 4.80. The molecule has 1 aromatic carbocycles. The average Bonchev–Trinajstić information content (AvgIpc) is 3.07. The van der Waals surface area contributed by atoms with Crippen molar-refractivity contribution in [1.29, 1.82) is 0 Å². The Balaban J connectivity index is 1.92. The molecule has 27 heavy (non-hydrogen) atoms. The summed E-state index contributed by atoms with van der Waals surface area (Å²) in [5, 5.41) is 0. The van der Waals surface area contributed by atoms with E-state index in [0.717, 1.165) is 23.0 Å². The van der Waals surface area contributed by atoms with Gasteiger partial charge in [-0.1, -0.05) is 6.07 Å². The van der Waals surface area contributed by atoms with E-state index in [1.165, 1.54) is 18.3 Å². The van der Waals surface area contributed by atoms with Crippen LogP contribution in [0.2, 0.25) is 0 Å². The highest BCUT2D eigenvalue weighted by Gasteiger charge is 2.34. The first-order valence-corrected chi connectivity index (χ1v) is 7.34. The Morgan fingerprint density at radius 2 is 1.74 bits per heavy atom. The number of benzene rings is 1. The van der Waals surface area contributed by atoms with Crippen LogP contribution in [0, 0.1) is 6.92 Å². The highest BCUT2D eigenvalue weighted by atomic mass is 19.4. The zero-order valence-electron chi connectivity index (χ0n) is 13.5. The fourth-order valence-corrected chi connectivity index (χ4v) is 2.07. The van der Waals surface area contributed by atoms with Gasteiger partial charge >= 0.3 is 12.4 Å². The second-order valence-corrected chi connectivity index (χ2v) is 5.45. The Morgan fingerprint density at radius 1 is 1.00 bits per heavy atom. The molecule has 0 N–H and O–H groups in total. The molecule has 142 valence electrons. The molecular weight excluding hydrogens is 378 g/mol. The Bertz CT molecular complexity index is 964. The molecule has 0 aliphatic rings. The molecule has 3 aromatic rings. The summed E-state index contributed by atoms with van der Waals surface area (Å²) in [6.45, 7) is 1.54. The minimum atomic E-state index is -4.63. The number of nitrogens with zero attached hydrogens (tertiary/aromatic N) is 4. The monoisotopic (exact) mass is 388 g/mol. The van der Waals surface area contributed by atoms with E-state index in [4.69, 9.17) is 4.74 Å². The summed E-state index contributed by atoms with van der Waals surface area (Å²) in [6, 6.07) is 4.14. The standard InChI is InChI=1S/C16H10F6N4O/c1-9-6-23-14(26-7-12(24-8-26)16(20,21)22)25-13(9)27-11-4-2-3-10(5-11)15(17,18)19/h2-8H,1H3. The van der Waals surface area contributed by atoms with Gasteiger partial charge in [-0.15, -0.1) is 0 Å². The topological polar surface area (TPSA) is 52.8 Å². The second-order valence-electron chi connectivity index (χ2n) is 5.45. The molecule has 0 aliphatic heterocycles. The normalized spacial score (nSPS) is 12.3. The number of ether oxygens (including phenoxy) is 1. The maximum absolute atomic E-state index is 12.8. The maximum atomic E-state index is 12.8. The highest BCUT2D eigenvalue weighted by molar-refractivity contribution is 5.36. The molecule has 0 saturated heterocycles. The van der Waals surface area contributed by atoms with Crippen LogP contribution in [0.15, 0.2) is 43.0 Å². The molecule has 2 heterocycles. The second kappa shape index (κ2) is 6.56. The summed E-state index contributed by atoms with van der Waals surface area (Å²) in [5.74, 6) is -0.397. The number of aromatic nitrogens is 4. The first-order chi connectivity index (χ1) is 12.5. The minimum Gasteiger partial charge on any atom is -0.439 e. The fourth-order valence-electron chi connectivity index (χ4n) is 2.07. The van der Waals surface area contributed by atoms with Gasteiger partial charge in [0.2, 0.25) is 11.8 Å². The molecular formula is C16H10F6N4O. The van der Waals surface area contributed by atoms with Crippen LogP contribution in [-0.2, 0) is 12.4 Å². The van der Waals surface area contributed by atoms with Crippen molar-refractivity contribution < 1.29 is 31.1 Å². The van der Waals surface area contributed by atoms with Gasteiger partial charge in [-0.05, 0) is 25.1 Å². The summed E-state index contributed by atoms with van der Waals surface area (Å²) in [5.41, 5.74) is -1.66. The first kappa shape index (κ1) is 18.7. The van der Waals surface area contributed by atoms with E-state index in [-0.39, 0.29) is 17.6 Å². The van der Waals surface area contributed by atoms with Crippen molar-refractivity contribution in [1.82, 2.24) is 19.5 Å². The van der Waals surface area contributed by atoms with E-state index < -0.39 is 23.6 Å². The first-order valence-electron chi connectivity index (χ1n) is 7.34. The van der Waals surface area contributed by atoms with Gasteiger partial charge in [-0.2, -0.15) is 31.3 Å². The lowest BCUT2D eigenvalue weighted by Gasteiger charge is -2.11. The molecule has 0 spiro atoms. The Morgan fingerprint density at radius 3 is 2.37 bits per heavy atom. The molecule has 0 bridgehead atoms. The van der Waals surface area contributed by atoms with Crippen LogP contribution in [0.5, 0.6) is 11.6 Å². The summed E-state index contributed by atoms with van der Waals surface area (Å²) < 4.78 is 82.6. The van der Waals surface area contributed by atoms with Crippen LogP contribution in [0.4, 0.5) is 26.3 Å². The van der Waals surface area contributed by atoms with Crippen molar-refractivity contribution in [2.24, 2.45) is 0 Å². The molecule has 0 unspecified atom stereocenters. The molecule has 0 aliphatic carbocycles. The molecule has 0 amide bonds. The molecule has 3 rings (SSSR count).